The summed E-state index contributed by atoms with van der Waals surface area (Å²) >= 11 is 4.60. The number of carbonyl (C=O) groups excluding carboxylic acids is 2. The first-order chi connectivity index (χ1) is 15.2. The monoisotopic (exact) mass is 472 g/mol. The summed E-state index contributed by atoms with van der Waals surface area (Å²) in [6, 6.07) is 8.12. The number of hydrogen-bond donors (Lipinski definition) is 1. The third-order valence-electron chi connectivity index (χ3n) is 5.13. The molecule has 0 saturated heterocycles. The van der Waals surface area contributed by atoms with Crippen molar-refractivity contribution in [2.75, 3.05) is 17.7 Å². The molecular weight excluding hydrogens is 452 g/mol. The van der Waals surface area contributed by atoms with Crippen molar-refractivity contribution in [3.05, 3.63) is 40.3 Å². The molecule has 3 heterocycles. The number of hydrogen-bond acceptors (Lipinski definition) is 8. The molecule has 1 aliphatic rings. The van der Waals surface area contributed by atoms with E-state index in [1.807, 2.05) is 22.6 Å². The number of nitrogens with zero attached hydrogens (tertiary/aromatic N) is 3. The second-order valence-corrected chi connectivity index (χ2v) is 10.3. The number of para-hydroxylation sites is 1. The Morgan fingerprint density at radius 1 is 1.23 bits per heavy atom. The van der Waals surface area contributed by atoms with Crippen LogP contribution in [0.4, 0.5) is 5.00 Å². The Balaban J connectivity index is 1.26. The van der Waals surface area contributed by atoms with Gasteiger partial charge in [0, 0.05) is 17.1 Å². The van der Waals surface area contributed by atoms with E-state index in [1.54, 1.807) is 18.3 Å². The molecule has 0 fully saturated rings. The number of anilines is 1. The fraction of sp³-hybridized carbons (Fsp3) is 0.333. The minimum atomic E-state index is -0.346. The van der Waals surface area contributed by atoms with Crippen LogP contribution in [0.25, 0.3) is 15.2 Å². The lowest BCUT2D eigenvalue weighted by atomic mass is 10.1. The van der Waals surface area contributed by atoms with Gasteiger partial charge in [-0.15, -0.1) is 21.5 Å². The highest BCUT2D eigenvalue weighted by molar-refractivity contribution is 7.99. The van der Waals surface area contributed by atoms with E-state index in [-0.39, 0.29) is 11.9 Å². The zero-order chi connectivity index (χ0) is 21.4. The molecule has 3 aromatic heterocycles. The zero-order valence-electron chi connectivity index (χ0n) is 16.8. The average molecular weight is 473 g/mol. The van der Waals surface area contributed by atoms with Gasteiger partial charge >= 0.3 is 5.97 Å². The van der Waals surface area contributed by atoms with Gasteiger partial charge in [-0.25, -0.2) is 4.79 Å². The maximum absolute atomic E-state index is 12.6. The summed E-state index contributed by atoms with van der Waals surface area (Å²) in [6.45, 7) is 2.11. The summed E-state index contributed by atoms with van der Waals surface area (Å²) in [7, 11) is 0. The number of aryl methyl sites for hydroxylation is 1. The molecule has 160 valence electrons. The first-order valence-electron chi connectivity index (χ1n) is 10.1. The van der Waals surface area contributed by atoms with E-state index in [0.29, 0.717) is 29.3 Å². The molecule has 0 radical (unpaired) electrons. The lowest BCUT2D eigenvalue weighted by Gasteiger charge is -2.08. The Labute approximate surface area is 190 Å². The Kier molecular flexibility index (Phi) is 5.68. The normalized spacial score (nSPS) is 13.1. The Morgan fingerprint density at radius 3 is 2.97 bits per heavy atom. The maximum Gasteiger partial charge on any atom is 0.341 e. The van der Waals surface area contributed by atoms with Crippen molar-refractivity contribution in [3.63, 3.8) is 0 Å². The maximum atomic E-state index is 12.6. The SMILES string of the molecule is CCOC(=O)c1c(NC(=O)CCSc2nnc3sc4ccccc4n23)sc2c1CCC2. The Morgan fingerprint density at radius 2 is 2.10 bits per heavy atom. The molecule has 4 aromatic rings. The number of fused-ring (bicyclic) bond motifs is 4. The number of amides is 1. The third kappa shape index (κ3) is 3.83. The smallest absolute Gasteiger partial charge is 0.341 e. The summed E-state index contributed by atoms with van der Waals surface area (Å²) in [6.07, 6.45) is 3.17. The molecular formula is C21H20N4O3S3. The van der Waals surface area contributed by atoms with Crippen molar-refractivity contribution in [3.8, 4) is 0 Å². The lowest BCUT2D eigenvalue weighted by Crippen LogP contribution is -2.15. The van der Waals surface area contributed by atoms with Gasteiger partial charge in [0.25, 0.3) is 0 Å². The first-order valence-corrected chi connectivity index (χ1v) is 12.7. The van der Waals surface area contributed by atoms with Gasteiger partial charge in [-0.3, -0.25) is 9.20 Å². The predicted octanol–water partition coefficient (Wildman–Crippen LogP) is 4.79. The summed E-state index contributed by atoms with van der Waals surface area (Å²) in [5.74, 6) is 0.104. The standard InChI is InChI=1S/C21H20N4O3S3/c1-2-28-19(27)17-12-6-5-9-14(12)30-18(17)22-16(26)10-11-29-20-23-24-21-25(20)13-7-3-4-8-15(13)31-21/h3-4,7-8H,2,5-6,9-11H2,1H3,(H,22,26). The van der Waals surface area contributed by atoms with E-state index in [4.69, 9.17) is 4.74 Å². The second-order valence-electron chi connectivity index (χ2n) is 7.10. The molecule has 1 N–H and O–H groups in total. The van der Waals surface area contributed by atoms with E-state index in [1.165, 1.54) is 28.0 Å². The number of benzene rings is 1. The van der Waals surface area contributed by atoms with Crippen molar-refractivity contribution in [2.45, 2.75) is 37.8 Å². The van der Waals surface area contributed by atoms with Crippen LogP contribution in [0.1, 0.15) is 40.6 Å². The number of ether oxygens (including phenoxy) is 1. The summed E-state index contributed by atoms with van der Waals surface area (Å²) in [5, 5.41) is 12.9. The third-order valence-corrected chi connectivity index (χ3v) is 8.28. The first kappa shape index (κ1) is 20.5. The quantitative estimate of drug-likeness (QED) is 0.307. The van der Waals surface area contributed by atoms with Crippen LogP contribution >= 0.6 is 34.4 Å². The molecule has 31 heavy (non-hydrogen) atoms. The number of esters is 1. The number of rotatable bonds is 7. The molecule has 0 atom stereocenters. The Hall–Kier alpha value is -2.43. The van der Waals surface area contributed by atoms with Crippen molar-refractivity contribution in [1.82, 2.24) is 14.6 Å². The van der Waals surface area contributed by atoms with Gasteiger partial charge in [-0.05, 0) is 43.9 Å². The minimum Gasteiger partial charge on any atom is -0.462 e. The molecule has 1 amide bonds. The van der Waals surface area contributed by atoms with Crippen LogP contribution in [0.3, 0.4) is 0 Å². The number of thioether (sulfide) groups is 1. The summed E-state index contributed by atoms with van der Waals surface area (Å²) < 4.78 is 8.42. The van der Waals surface area contributed by atoms with Gasteiger partial charge < -0.3 is 10.1 Å². The van der Waals surface area contributed by atoms with Crippen LogP contribution in [0.2, 0.25) is 0 Å². The predicted molar refractivity (Wildman–Crippen MR) is 125 cm³/mol. The molecule has 0 spiro atoms. The number of thiazole rings is 1. The molecule has 10 heteroatoms. The largest absolute Gasteiger partial charge is 0.462 e. The van der Waals surface area contributed by atoms with Gasteiger partial charge in [0.05, 0.1) is 22.4 Å². The highest BCUT2D eigenvalue weighted by atomic mass is 32.2. The van der Waals surface area contributed by atoms with Crippen LogP contribution in [-0.4, -0.2) is 38.8 Å². The fourth-order valence-corrected chi connectivity index (χ4v) is 6.98. The highest BCUT2D eigenvalue weighted by Gasteiger charge is 2.28. The topological polar surface area (TPSA) is 85.6 Å². The molecule has 1 aliphatic carbocycles. The number of nitrogens with one attached hydrogen (secondary N) is 1. The van der Waals surface area contributed by atoms with Crippen LogP contribution in [0, 0.1) is 0 Å². The number of aromatic nitrogens is 3. The number of thiophene rings is 1. The van der Waals surface area contributed by atoms with Gasteiger partial charge in [0.15, 0.2) is 5.16 Å². The molecule has 5 rings (SSSR count). The van der Waals surface area contributed by atoms with E-state index >= 15 is 0 Å². The van der Waals surface area contributed by atoms with Gasteiger partial charge in [0.1, 0.15) is 5.00 Å². The van der Waals surface area contributed by atoms with Crippen molar-refractivity contribution in [1.29, 1.82) is 0 Å². The van der Waals surface area contributed by atoms with E-state index in [0.717, 1.165) is 45.2 Å². The molecule has 0 unspecified atom stereocenters. The van der Waals surface area contributed by atoms with E-state index < -0.39 is 0 Å². The van der Waals surface area contributed by atoms with Crippen molar-refractivity contribution in [2.24, 2.45) is 0 Å². The van der Waals surface area contributed by atoms with E-state index in [9.17, 15) is 9.59 Å². The van der Waals surface area contributed by atoms with Crippen LogP contribution in [0.5, 0.6) is 0 Å². The lowest BCUT2D eigenvalue weighted by molar-refractivity contribution is -0.115. The van der Waals surface area contributed by atoms with Crippen LogP contribution in [-0.2, 0) is 22.4 Å². The summed E-state index contributed by atoms with van der Waals surface area (Å²) in [4.78, 5) is 27.1. The van der Waals surface area contributed by atoms with Gasteiger partial charge in [0.2, 0.25) is 10.9 Å². The van der Waals surface area contributed by atoms with Crippen LogP contribution in [0.15, 0.2) is 29.4 Å². The minimum absolute atomic E-state index is 0.117. The van der Waals surface area contributed by atoms with Gasteiger partial charge in [-0.2, -0.15) is 0 Å². The van der Waals surface area contributed by atoms with Gasteiger partial charge in [-0.1, -0.05) is 35.2 Å². The highest BCUT2D eigenvalue weighted by Crippen LogP contribution is 2.39. The molecule has 0 bridgehead atoms. The Bertz CT molecular complexity index is 1290. The molecule has 0 saturated carbocycles. The van der Waals surface area contributed by atoms with Crippen LogP contribution < -0.4 is 5.32 Å². The van der Waals surface area contributed by atoms with Crippen molar-refractivity contribution < 1.29 is 14.3 Å². The second kappa shape index (κ2) is 8.60. The fourth-order valence-electron chi connectivity index (χ4n) is 3.78. The molecule has 1 aromatic carbocycles. The van der Waals surface area contributed by atoms with Crippen molar-refractivity contribution >= 4 is 66.5 Å². The average Bonchev–Trinajstić information content (AvgIpc) is 3.49. The summed E-state index contributed by atoms with van der Waals surface area (Å²) in [5.41, 5.74) is 2.67. The zero-order valence-corrected chi connectivity index (χ0v) is 19.3. The molecule has 0 aliphatic heterocycles. The number of carbonyl (C=O) groups is 2. The molecule has 7 nitrogen and oxygen atoms in total. The van der Waals surface area contributed by atoms with E-state index in [2.05, 4.69) is 21.6 Å².